The molecule has 0 bridgehead atoms. The van der Waals surface area contributed by atoms with Crippen LogP contribution in [0.2, 0.25) is 0 Å². The molecule has 2 rings (SSSR count). The maximum absolute atomic E-state index is 12.1. The molecule has 5 nitrogen and oxygen atoms in total. The summed E-state index contributed by atoms with van der Waals surface area (Å²) >= 11 is 0. The van der Waals surface area contributed by atoms with Crippen LogP contribution < -0.4 is 15.4 Å². The Hall–Kier alpha value is -2.53. The van der Waals surface area contributed by atoms with Crippen molar-refractivity contribution in [3.05, 3.63) is 59.7 Å². The zero-order valence-corrected chi connectivity index (χ0v) is 14.2. The number of hydrogen-bond acceptors (Lipinski definition) is 3. The van der Waals surface area contributed by atoms with E-state index in [2.05, 4.69) is 24.5 Å². The van der Waals surface area contributed by atoms with Gasteiger partial charge in [-0.3, -0.25) is 0 Å². The Kier molecular flexibility index (Phi) is 6.21. The van der Waals surface area contributed by atoms with Gasteiger partial charge in [0.2, 0.25) is 0 Å². The van der Waals surface area contributed by atoms with Crippen molar-refractivity contribution in [1.29, 1.82) is 0 Å². The molecule has 2 amide bonds. The van der Waals surface area contributed by atoms with Gasteiger partial charge in [0.25, 0.3) is 0 Å². The van der Waals surface area contributed by atoms with E-state index in [1.165, 1.54) is 0 Å². The lowest BCUT2D eigenvalue weighted by Gasteiger charge is -2.16. The van der Waals surface area contributed by atoms with Crippen LogP contribution in [0.4, 0.5) is 10.5 Å². The average molecular weight is 328 g/mol. The smallest absolute Gasteiger partial charge is 0.319 e. The minimum absolute atomic E-state index is 0.114. The number of hydrogen-bond donors (Lipinski definition) is 3. The summed E-state index contributed by atoms with van der Waals surface area (Å²) in [5.41, 5.74) is 2.54. The van der Waals surface area contributed by atoms with Crippen molar-refractivity contribution in [3.63, 3.8) is 0 Å². The first kappa shape index (κ1) is 17.8. The first-order chi connectivity index (χ1) is 11.5. The van der Waals surface area contributed by atoms with Crippen LogP contribution in [-0.2, 0) is 0 Å². The van der Waals surface area contributed by atoms with E-state index in [9.17, 15) is 9.90 Å². The number of nitrogens with one attached hydrogen (secondary N) is 2. The number of anilines is 1. The number of para-hydroxylation sites is 1. The largest absolute Gasteiger partial charge is 0.497 e. The molecule has 128 valence electrons. The standard InChI is InChI=1S/C19H24N2O3/c1-13(2)16-9-4-5-10-17(16)21-19(23)20-12-18(22)14-7-6-8-15(11-14)24-3/h4-11,13,18,22H,12H2,1-3H3,(H2,20,21,23). The minimum atomic E-state index is -0.800. The number of aliphatic hydroxyl groups excluding tert-OH is 1. The van der Waals surface area contributed by atoms with E-state index in [1.807, 2.05) is 24.3 Å². The van der Waals surface area contributed by atoms with Gasteiger partial charge in [0, 0.05) is 12.2 Å². The van der Waals surface area contributed by atoms with Gasteiger partial charge < -0.3 is 20.5 Å². The van der Waals surface area contributed by atoms with Crippen LogP contribution in [0.5, 0.6) is 5.75 Å². The van der Waals surface area contributed by atoms with E-state index >= 15 is 0 Å². The highest BCUT2D eigenvalue weighted by molar-refractivity contribution is 5.90. The minimum Gasteiger partial charge on any atom is -0.497 e. The van der Waals surface area contributed by atoms with Gasteiger partial charge in [-0.25, -0.2) is 4.79 Å². The first-order valence-electron chi connectivity index (χ1n) is 7.97. The highest BCUT2D eigenvalue weighted by Gasteiger charge is 2.12. The monoisotopic (exact) mass is 328 g/mol. The molecular formula is C19H24N2O3. The van der Waals surface area contributed by atoms with Gasteiger partial charge in [0.05, 0.1) is 13.2 Å². The number of methoxy groups -OCH3 is 1. The summed E-state index contributed by atoms with van der Waals surface area (Å²) in [6, 6.07) is 14.5. The topological polar surface area (TPSA) is 70.6 Å². The Morgan fingerprint density at radius 3 is 2.62 bits per heavy atom. The summed E-state index contributed by atoms with van der Waals surface area (Å²) in [6.45, 7) is 4.26. The molecule has 0 aliphatic carbocycles. The van der Waals surface area contributed by atoms with Crippen LogP contribution in [0.1, 0.15) is 37.0 Å². The predicted octanol–water partition coefficient (Wildman–Crippen LogP) is 3.67. The van der Waals surface area contributed by atoms with E-state index in [4.69, 9.17) is 4.74 Å². The number of carbonyl (C=O) groups excluding carboxylic acids is 1. The van der Waals surface area contributed by atoms with Gasteiger partial charge in [-0.15, -0.1) is 0 Å². The Morgan fingerprint density at radius 1 is 1.17 bits per heavy atom. The van der Waals surface area contributed by atoms with Crippen molar-refractivity contribution in [2.24, 2.45) is 0 Å². The molecule has 0 fully saturated rings. The maximum Gasteiger partial charge on any atom is 0.319 e. The highest BCUT2D eigenvalue weighted by Crippen LogP contribution is 2.23. The molecule has 0 heterocycles. The predicted molar refractivity (Wildman–Crippen MR) is 95.5 cm³/mol. The van der Waals surface area contributed by atoms with Crippen molar-refractivity contribution in [3.8, 4) is 5.75 Å². The van der Waals surface area contributed by atoms with E-state index in [1.54, 1.807) is 31.4 Å². The molecule has 24 heavy (non-hydrogen) atoms. The van der Waals surface area contributed by atoms with Gasteiger partial charge in [0.15, 0.2) is 0 Å². The summed E-state index contributed by atoms with van der Waals surface area (Å²) in [4.78, 5) is 12.1. The number of benzene rings is 2. The summed E-state index contributed by atoms with van der Waals surface area (Å²) < 4.78 is 5.13. The lowest BCUT2D eigenvalue weighted by molar-refractivity contribution is 0.175. The lowest BCUT2D eigenvalue weighted by Crippen LogP contribution is -2.32. The summed E-state index contributed by atoms with van der Waals surface area (Å²) in [7, 11) is 1.57. The SMILES string of the molecule is COc1cccc(C(O)CNC(=O)Nc2ccccc2C(C)C)c1. The molecule has 5 heteroatoms. The molecular weight excluding hydrogens is 304 g/mol. The fourth-order valence-electron chi connectivity index (χ4n) is 2.44. The molecule has 0 saturated carbocycles. The second-order valence-electron chi connectivity index (χ2n) is 5.87. The highest BCUT2D eigenvalue weighted by atomic mass is 16.5. The molecule has 3 N–H and O–H groups in total. The zero-order valence-electron chi connectivity index (χ0n) is 14.2. The van der Waals surface area contributed by atoms with Crippen LogP contribution in [0.25, 0.3) is 0 Å². The molecule has 0 aliphatic rings. The van der Waals surface area contributed by atoms with E-state index in [0.717, 1.165) is 11.3 Å². The first-order valence-corrected chi connectivity index (χ1v) is 7.97. The molecule has 2 aromatic rings. The molecule has 0 saturated heterocycles. The summed E-state index contributed by atoms with van der Waals surface area (Å²) in [5, 5.41) is 15.7. The van der Waals surface area contributed by atoms with Gasteiger partial charge in [-0.2, -0.15) is 0 Å². The van der Waals surface area contributed by atoms with Crippen LogP contribution in [-0.4, -0.2) is 24.8 Å². The van der Waals surface area contributed by atoms with Crippen molar-refractivity contribution < 1.29 is 14.6 Å². The second-order valence-corrected chi connectivity index (χ2v) is 5.87. The molecule has 0 radical (unpaired) electrons. The molecule has 1 atom stereocenters. The van der Waals surface area contributed by atoms with Gasteiger partial charge in [0.1, 0.15) is 5.75 Å². The third kappa shape index (κ3) is 4.73. The number of rotatable bonds is 6. The fraction of sp³-hybridized carbons (Fsp3) is 0.316. The Labute approximate surface area is 142 Å². The third-order valence-electron chi connectivity index (χ3n) is 3.77. The van der Waals surface area contributed by atoms with E-state index < -0.39 is 6.10 Å². The number of aliphatic hydroxyl groups is 1. The van der Waals surface area contributed by atoms with Crippen molar-refractivity contribution >= 4 is 11.7 Å². The van der Waals surface area contributed by atoms with Gasteiger partial charge in [-0.1, -0.05) is 44.2 Å². The van der Waals surface area contributed by atoms with Crippen molar-refractivity contribution in [1.82, 2.24) is 5.32 Å². The van der Waals surface area contributed by atoms with Crippen LogP contribution in [0.3, 0.4) is 0 Å². The third-order valence-corrected chi connectivity index (χ3v) is 3.77. The van der Waals surface area contributed by atoms with Crippen molar-refractivity contribution in [2.75, 3.05) is 19.0 Å². The second kappa shape index (κ2) is 8.36. The lowest BCUT2D eigenvalue weighted by atomic mass is 10.0. The van der Waals surface area contributed by atoms with Crippen molar-refractivity contribution in [2.45, 2.75) is 25.9 Å². The molecule has 0 aromatic heterocycles. The molecule has 1 unspecified atom stereocenters. The number of carbonyl (C=O) groups is 1. The summed E-state index contributed by atoms with van der Waals surface area (Å²) in [5.74, 6) is 0.978. The molecule has 0 spiro atoms. The number of amides is 2. The summed E-state index contributed by atoms with van der Waals surface area (Å²) in [6.07, 6.45) is -0.800. The van der Waals surface area contributed by atoms with Crippen LogP contribution in [0, 0.1) is 0 Å². The number of ether oxygens (including phenoxy) is 1. The molecule has 2 aromatic carbocycles. The van der Waals surface area contributed by atoms with E-state index in [0.29, 0.717) is 17.2 Å². The normalized spacial score (nSPS) is 11.9. The van der Waals surface area contributed by atoms with Gasteiger partial charge >= 0.3 is 6.03 Å². The zero-order chi connectivity index (χ0) is 17.5. The molecule has 0 aliphatic heterocycles. The number of urea groups is 1. The Balaban J connectivity index is 1.93. The van der Waals surface area contributed by atoms with Crippen LogP contribution in [0.15, 0.2) is 48.5 Å². The van der Waals surface area contributed by atoms with Crippen LogP contribution >= 0.6 is 0 Å². The Bertz CT molecular complexity index is 686. The maximum atomic E-state index is 12.1. The van der Waals surface area contributed by atoms with E-state index in [-0.39, 0.29) is 12.6 Å². The quantitative estimate of drug-likeness (QED) is 0.757. The Morgan fingerprint density at radius 2 is 1.92 bits per heavy atom. The fourth-order valence-corrected chi connectivity index (χ4v) is 2.44. The average Bonchev–Trinajstić information content (AvgIpc) is 2.60. The van der Waals surface area contributed by atoms with Gasteiger partial charge in [-0.05, 0) is 35.2 Å².